The van der Waals surface area contributed by atoms with Crippen molar-refractivity contribution in [2.45, 2.75) is 313 Å². The van der Waals surface area contributed by atoms with E-state index in [0.29, 0.717) is 12.8 Å². The van der Waals surface area contributed by atoms with Crippen LogP contribution < -0.4 is 5.32 Å². The van der Waals surface area contributed by atoms with E-state index in [2.05, 4.69) is 43.5 Å². The molecule has 8 N–H and O–H groups in total. The lowest BCUT2D eigenvalue weighted by atomic mass is 9.98. The van der Waals surface area contributed by atoms with Crippen molar-refractivity contribution in [1.82, 2.24) is 5.32 Å². The zero-order valence-electron chi connectivity index (χ0n) is 43.1. The Labute approximate surface area is 410 Å². The molecular formula is C56H107NO10. The molecule has 11 heteroatoms. The number of allylic oxidation sites excluding steroid dienone is 4. The summed E-state index contributed by atoms with van der Waals surface area (Å²) < 4.78 is 11.1. The molecule has 1 amide bonds. The van der Waals surface area contributed by atoms with E-state index in [4.69, 9.17) is 9.47 Å². The molecule has 396 valence electrons. The molecule has 1 rings (SSSR count). The summed E-state index contributed by atoms with van der Waals surface area (Å²) in [5, 5.41) is 75.8. The van der Waals surface area contributed by atoms with Crippen LogP contribution in [0.2, 0.25) is 0 Å². The number of unbranched alkanes of at least 4 members (excludes halogenated alkanes) is 32. The van der Waals surface area contributed by atoms with Crippen molar-refractivity contribution in [3.63, 3.8) is 0 Å². The SMILES string of the molecule is CCCCC/C=C\CCCCCCC(O)C(=O)NC(COC1OC(CO)C(O)C(O)C1O)C(O)C(O)CCC/C=C/CCCCCCCCCCCCCCCCCCCCCCCCCC. The van der Waals surface area contributed by atoms with Crippen LogP contribution in [0.25, 0.3) is 0 Å². The Morgan fingerprint density at radius 3 is 1.31 bits per heavy atom. The topological polar surface area (TPSA) is 189 Å². The quantitative estimate of drug-likeness (QED) is 0.0215. The first kappa shape index (κ1) is 63.6. The van der Waals surface area contributed by atoms with Gasteiger partial charge in [-0.15, -0.1) is 0 Å². The molecule has 67 heavy (non-hydrogen) atoms. The van der Waals surface area contributed by atoms with Crippen LogP contribution >= 0.6 is 0 Å². The number of aliphatic hydroxyl groups is 7. The fraction of sp³-hybridized carbons (Fsp3) is 0.911. The first-order valence-corrected chi connectivity index (χ1v) is 28.2. The summed E-state index contributed by atoms with van der Waals surface area (Å²) in [6.07, 6.45) is 42.7. The molecule has 1 fully saturated rings. The molecule has 0 bridgehead atoms. The van der Waals surface area contributed by atoms with Crippen LogP contribution in [0.15, 0.2) is 24.3 Å². The van der Waals surface area contributed by atoms with Gasteiger partial charge in [0, 0.05) is 0 Å². The summed E-state index contributed by atoms with van der Waals surface area (Å²) in [7, 11) is 0. The van der Waals surface area contributed by atoms with Gasteiger partial charge in [-0.3, -0.25) is 4.79 Å². The van der Waals surface area contributed by atoms with Gasteiger partial charge < -0.3 is 50.5 Å². The number of aliphatic hydroxyl groups excluding tert-OH is 7. The molecule has 0 aromatic carbocycles. The first-order chi connectivity index (χ1) is 32.7. The lowest BCUT2D eigenvalue weighted by molar-refractivity contribution is -0.303. The highest BCUT2D eigenvalue weighted by atomic mass is 16.7. The van der Waals surface area contributed by atoms with Crippen molar-refractivity contribution in [1.29, 1.82) is 0 Å². The van der Waals surface area contributed by atoms with Crippen molar-refractivity contribution in [3.8, 4) is 0 Å². The summed E-state index contributed by atoms with van der Waals surface area (Å²) >= 11 is 0. The van der Waals surface area contributed by atoms with Crippen molar-refractivity contribution in [2.75, 3.05) is 13.2 Å². The average molecular weight is 954 g/mol. The fourth-order valence-corrected chi connectivity index (χ4v) is 9.08. The van der Waals surface area contributed by atoms with E-state index in [1.54, 1.807) is 0 Å². The second kappa shape index (κ2) is 45.7. The Balaban J connectivity index is 2.25. The minimum absolute atomic E-state index is 0.240. The molecule has 0 radical (unpaired) electrons. The van der Waals surface area contributed by atoms with E-state index < -0.39 is 74.2 Å². The number of hydrogen-bond acceptors (Lipinski definition) is 10. The predicted octanol–water partition coefficient (Wildman–Crippen LogP) is 11.3. The van der Waals surface area contributed by atoms with E-state index in [1.165, 1.54) is 167 Å². The monoisotopic (exact) mass is 954 g/mol. The van der Waals surface area contributed by atoms with Crippen LogP contribution in [0, 0.1) is 0 Å². The van der Waals surface area contributed by atoms with Crippen LogP contribution in [0.3, 0.4) is 0 Å². The van der Waals surface area contributed by atoms with Crippen molar-refractivity contribution >= 4 is 5.91 Å². The van der Waals surface area contributed by atoms with E-state index >= 15 is 0 Å². The highest BCUT2D eigenvalue weighted by Crippen LogP contribution is 2.23. The number of hydrogen-bond donors (Lipinski definition) is 8. The third kappa shape index (κ3) is 34.5. The molecule has 1 aliphatic rings. The summed E-state index contributed by atoms with van der Waals surface area (Å²) in [5.41, 5.74) is 0. The van der Waals surface area contributed by atoms with Gasteiger partial charge in [-0.2, -0.15) is 0 Å². The van der Waals surface area contributed by atoms with Crippen LogP contribution in [0.1, 0.15) is 258 Å². The van der Waals surface area contributed by atoms with Gasteiger partial charge in [0.25, 0.3) is 0 Å². The minimum atomic E-state index is -1.67. The smallest absolute Gasteiger partial charge is 0.249 e. The Morgan fingerprint density at radius 1 is 0.507 bits per heavy atom. The molecule has 1 heterocycles. The molecule has 9 atom stereocenters. The maximum absolute atomic E-state index is 13.1. The molecule has 1 saturated heterocycles. The van der Waals surface area contributed by atoms with E-state index in [0.717, 1.165) is 51.4 Å². The van der Waals surface area contributed by atoms with Crippen LogP contribution in [-0.4, -0.2) is 110 Å². The van der Waals surface area contributed by atoms with Gasteiger partial charge >= 0.3 is 0 Å². The molecule has 11 nitrogen and oxygen atoms in total. The molecule has 9 unspecified atom stereocenters. The third-order valence-corrected chi connectivity index (χ3v) is 13.7. The van der Waals surface area contributed by atoms with E-state index in [1.807, 2.05) is 0 Å². The van der Waals surface area contributed by atoms with Gasteiger partial charge in [0.2, 0.25) is 5.91 Å². The number of ether oxygens (including phenoxy) is 2. The normalized spacial score (nSPS) is 20.8. The summed E-state index contributed by atoms with van der Waals surface area (Å²) in [6.45, 7) is 3.41. The second-order valence-electron chi connectivity index (χ2n) is 20.0. The van der Waals surface area contributed by atoms with Crippen molar-refractivity contribution in [2.24, 2.45) is 0 Å². The third-order valence-electron chi connectivity index (χ3n) is 13.7. The first-order valence-electron chi connectivity index (χ1n) is 28.2. The Morgan fingerprint density at radius 2 is 0.881 bits per heavy atom. The number of amides is 1. The molecule has 0 aromatic heterocycles. The van der Waals surface area contributed by atoms with Gasteiger partial charge in [-0.05, 0) is 64.2 Å². The number of carbonyl (C=O) groups is 1. The lowest BCUT2D eigenvalue weighted by Crippen LogP contribution is -2.60. The highest BCUT2D eigenvalue weighted by molar-refractivity contribution is 5.80. The van der Waals surface area contributed by atoms with Gasteiger partial charge in [0.05, 0.1) is 25.4 Å². The van der Waals surface area contributed by atoms with Gasteiger partial charge in [0.1, 0.15) is 36.6 Å². The zero-order chi connectivity index (χ0) is 49.0. The second-order valence-corrected chi connectivity index (χ2v) is 20.0. The van der Waals surface area contributed by atoms with E-state index in [9.17, 15) is 40.5 Å². The summed E-state index contributed by atoms with van der Waals surface area (Å²) in [6, 6.07) is -1.19. The summed E-state index contributed by atoms with van der Waals surface area (Å²) in [5.74, 6) is -0.715. The van der Waals surface area contributed by atoms with Gasteiger partial charge in [-0.1, -0.05) is 218 Å². The predicted molar refractivity (Wildman–Crippen MR) is 275 cm³/mol. The molecule has 0 saturated carbocycles. The van der Waals surface area contributed by atoms with Crippen molar-refractivity contribution in [3.05, 3.63) is 24.3 Å². The minimum Gasteiger partial charge on any atom is -0.394 e. The highest BCUT2D eigenvalue weighted by Gasteiger charge is 2.44. The van der Waals surface area contributed by atoms with Gasteiger partial charge in [0.15, 0.2) is 6.29 Å². The molecule has 0 aliphatic carbocycles. The largest absolute Gasteiger partial charge is 0.394 e. The molecular weight excluding hydrogens is 847 g/mol. The standard InChI is InChI=1S/C56H107NO10/c1-3-5-7-9-11-13-15-16-17-18-19-20-21-22-23-24-25-26-27-28-29-30-31-32-34-35-37-39-41-43-48(59)51(61)47(46-66-56-54(64)53(63)52(62)50(45-58)67-56)57-55(65)49(60)44-42-40-38-36-33-14-12-10-8-6-4-2/h12,14,35,37,47-54,56,58-64H,3-11,13,15-34,36,38-46H2,1-2H3,(H,57,65)/b14-12-,37-35+. The number of carbonyl (C=O) groups excluding carboxylic acids is 1. The van der Waals surface area contributed by atoms with E-state index in [-0.39, 0.29) is 12.8 Å². The van der Waals surface area contributed by atoms with Gasteiger partial charge in [-0.25, -0.2) is 0 Å². The molecule has 0 aromatic rings. The van der Waals surface area contributed by atoms with Crippen LogP contribution in [0.5, 0.6) is 0 Å². The maximum Gasteiger partial charge on any atom is 0.249 e. The fourth-order valence-electron chi connectivity index (χ4n) is 9.08. The molecule has 1 aliphatic heterocycles. The Kier molecular flexibility index (Phi) is 43.4. The Hall–Kier alpha value is -1.41. The van der Waals surface area contributed by atoms with Crippen molar-refractivity contribution < 1.29 is 50.0 Å². The zero-order valence-corrected chi connectivity index (χ0v) is 43.1. The average Bonchev–Trinajstić information content (AvgIpc) is 3.33. The maximum atomic E-state index is 13.1. The Bertz CT molecular complexity index is 1140. The van der Waals surface area contributed by atoms with Crippen LogP contribution in [0.4, 0.5) is 0 Å². The number of rotatable bonds is 48. The van der Waals surface area contributed by atoms with Crippen LogP contribution in [-0.2, 0) is 14.3 Å². The number of nitrogens with one attached hydrogen (secondary N) is 1. The summed E-state index contributed by atoms with van der Waals surface area (Å²) in [4.78, 5) is 13.1. The molecule has 0 spiro atoms. The lowest BCUT2D eigenvalue weighted by Gasteiger charge is -2.40.